The molecule has 0 bridgehead atoms. The summed E-state index contributed by atoms with van der Waals surface area (Å²) in [5.41, 5.74) is 0.493. The highest BCUT2D eigenvalue weighted by Gasteiger charge is 2.22. The molecule has 1 aromatic rings. The van der Waals surface area contributed by atoms with Crippen LogP contribution in [-0.2, 0) is 14.2 Å². The minimum atomic E-state index is -0.512. The van der Waals surface area contributed by atoms with Gasteiger partial charge in [0.1, 0.15) is 6.61 Å². The van der Waals surface area contributed by atoms with E-state index in [2.05, 4.69) is 6.92 Å². The molecule has 0 aromatic heterocycles. The molecule has 0 N–H and O–H groups in total. The van der Waals surface area contributed by atoms with Crippen molar-refractivity contribution in [2.24, 2.45) is 0 Å². The first-order chi connectivity index (χ1) is 11.2. The summed E-state index contributed by atoms with van der Waals surface area (Å²) in [5, 5.41) is 0. The molecule has 0 saturated carbocycles. The largest absolute Gasteiger partial charge is 0.462 e. The molecule has 1 atom stereocenters. The van der Waals surface area contributed by atoms with Gasteiger partial charge in [-0.2, -0.15) is 0 Å². The van der Waals surface area contributed by atoms with Crippen LogP contribution in [0.3, 0.4) is 0 Å². The van der Waals surface area contributed by atoms with Gasteiger partial charge in [0.25, 0.3) is 0 Å². The van der Waals surface area contributed by atoms with Gasteiger partial charge in [0.15, 0.2) is 0 Å². The highest BCUT2D eigenvalue weighted by molar-refractivity contribution is 6.03. The first-order valence-electron chi connectivity index (χ1n) is 8.27. The van der Waals surface area contributed by atoms with Crippen molar-refractivity contribution in [2.45, 2.75) is 45.1 Å². The van der Waals surface area contributed by atoms with Crippen molar-refractivity contribution in [3.63, 3.8) is 0 Å². The van der Waals surface area contributed by atoms with Crippen molar-refractivity contribution < 1.29 is 23.8 Å². The van der Waals surface area contributed by atoms with Crippen molar-refractivity contribution in [3.8, 4) is 0 Å². The molecule has 1 fully saturated rings. The Hall–Kier alpha value is -1.88. The lowest BCUT2D eigenvalue weighted by Crippen LogP contribution is -2.20. The Morgan fingerprint density at radius 1 is 1.13 bits per heavy atom. The smallest absolute Gasteiger partial charge is 0.339 e. The highest BCUT2D eigenvalue weighted by Crippen LogP contribution is 2.15. The molecule has 1 heterocycles. The van der Waals surface area contributed by atoms with Crippen LogP contribution >= 0.6 is 0 Å². The van der Waals surface area contributed by atoms with Crippen LogP contribution in [-0.4, -0.2) is 37.9 Å². The van der Waals surface area contributed by atoms with Crippen LogP contribution in [0, 0.1) is 0 Å². The van der Waals surface area contributed by atoms with Crippen molar-refractivity contribution in [2.75, 3.05) is 19.8 Å². The molecule has 0 amide bonds. The Kier molecular flexibility index (Phi) is 7.07. The van der Waals surface area contributed by atoms with Gasteiger partial charge in [-0.3, -0.25) is 0 Å². The molecule has 1 saturated heterocycles. The van der Waals surface area contributed by atoms with Crippen molar-refractivity contribution in [1.29, 1.82) is 0 Å². The van der Waals surface area contributed by atoms with Crippen LogP contribution in [0.2, 0.25) is 0 Å². The standard InChI is InChI=1S/C18H24O5/c1-2-3-6-11-22-17(19)15-9-4-5-10-16(15)18(20)23-13-14-8-7-12-21-14/h4-5,9-10,14H,2-3,6-8,11-13H2,1H3. The minimum absolute atomic E-state index is 0.0351. The van der Waals surface area contributed by atoms with Crippen LogP contribution < -0.4 is 0 Å². The molecule has 0 aliphatic carbocycles. The number of unbranched alkanes of at least 4 members (excludes halogenated alkanes) is 2. The van der Waals surface area contributed by atoms with Crippen LogP contribution in [0.25, 0.3) is 0 Å². The molecule has 1 unspecified atom stereocenters. The SMILES string of the molecule is CCCCCOC(=O)c1ccccc1C(=O)OCC1CCCO1. The second kappa shape index (κ2) is 9.30. The third kappa shape index (κ3) is 5.36. The van der Waals surface area contributed by atoms with Crippen molar-refractivity contribution in [1.82, 2.24) is 0 Å². The first-order valence-corrected chi connectivity index (χ1v) is 8.27. The maximum atomic E-state index is 12.2. The molecule has 23 heavy (non-hydrogen) atoms. The molecule has 5 heteroatoms. The summed E-state index contributed by atoms with van der Waals surface area (Å²) in [6, 6.07) is 6.58. The maximum absolute atomic E-state index is 12.2. The van der Waals surface area contributed by atoms with Crippen LogP contribution in [0.4, 0.5) is 0 Å². The van der Waals surface area contributed by atoms with Crippen molar-refractivity contribution in [3.05, 3.63) is 35.4 Å². The van der Waals surface area contributed by atoms with E-state index < -0.39 is 11.9 Å². The van der Waals surface area contributed by atoms with Crippen LogP contribution in [0.15, 0.2) is 24.3 Å². The fraction of sp³-hybridized carbons (Fsp3) is 0.556. The van der Waals surface area contributed by atoms with E-state index >= 15 is 0 Å². The number of ether oxygens (including phenoxy) is 3. The Morgan fingerprint density at radius 2 is 1.83 bits per heavy atom. The molecular weight excluding hydrogens is 296 g/mol. The summed E-state index contributed by atoms with van der Waals surface area (Å²) in [6.07, 6.45) is 4.75. The average molecular weight is 320 g/mol. The van der Waals surface area contributed by atoms with Gasteiger partial charge in [0.2, 0.25) is 0 Å². The van der Waals surface area contributed by atoms with E-state index in [4.69, 9.17) is 14.2 Å². The topological polar surface area (TPSA) is 61.8 Å². The van der Waals surface area contributed by atoms with E-state index in [0.29, 0.717) is 13.2 Å². The molecule has 0 spiro atoms. The Bertz CT molecular complexity index is 520. The van der Waals surface area contributed by atoms with Crippen LogP contribution in [0.1, 0.15) is 59.7 Å². The lowest BCUT2D eigenvalue weighted by Gasteiger charge is -2.12. The normalized spacial score (nSPS) is 17.0. The molecule has 0 radical (unpaired) electrons. The maximum Gasteiger partial charge on any atom is 0.339 e. The van der Waals surface area contributed by atoms with Gasteiger partial charge in [-0.25, -0.2) is 9.59 Å². The van der Waals surface area contributed by atoms with E-state index in [1.165, 1.54) is 0 Å². The summed E-state index contributed by atoms with van der Waals surface area (Å²) in [6.45, 7) is 3.38. The third-order valence-electron chi connectivity index (χ3n) is 3.77. The summed E-state index contributed by atoms with van der Waals surface area (Å²) in [5.74, 6) is -0.993. The Labute approximate surface area is 136 Å². The zero-order valence-electron chi connectivity index (χ0n) is 13.6. The average Bonchev–Trinajstić information content (AvgIpc) is 3.10. The van der Waals surface area contributed by atoms with Gasteiger partial charge in [-0.15, -0.1) is 0 Å². The summed E-state index contributed by atoms with van der Waals surface area (Å²) >= 11 is 0. The molecule has 126 valence electrons. The van der Waals surface area contributed by atoms with E-state index in [1.807, 2.05) is 0 Å². The number of hydrogen-bond donors (Lipinski definition) is 0. The number of rotatable bonds is 8. The number of hydrogen-bond acceptors (Lipinski definition) is 5. The fourth-order valence-electron chi connectivity index (χ4n) is 2.46. The van der Waals surface area contributed by atoms with Gasteiger partial charge >= 0.3 is 11.9 Å². The number of benzene rings is 1. The van der Waals surface area contributed by atoms with Gasteiger partial charge in [0, 0.05) is 6.61 Å². The lowest BCUT2D eigenvalue weighted by atomic mass is 10.1. The summed E-state index contributed by atoms with van der Waals surface area (Å²) in [4.78, 5) is 24.4. The molecular formula is C18H24O5. The Morgan fingerprint density at radius 3 is 2.43 bits per heavy atom. The molecule has 1 aromatic carbocycles. The second-order valence-electron chi connectivity index (χ2n) is 5.62. The minimum Gasteiger partial charge on any atom is -0.462 e. The molecule has 1 aliphatic heterocycles. The number of carbonyl (C=O) groups is 2. The van der Waals surface area contributed by atoms with E-state index in [-0.39, 0.29) is 23.8 Å². The zero-order chi connectivity index (χ0) is 16.5. The zero-order valence-corrected chi connectivity index (χ0v) is 13.6. The highest BCUT2D eigenvalue weighted by atomic mass is 16.6. The molecule has 2 rings (SSSR count). The van der Waals surface area contributed by atoms with E-state index in [1.54, 1.807) is 24.3 Å². The van der Waals surface area contributed by atoms with E-state index in [9.17, 15) is 9.59 Å². The van der Waals surface area contributed by atoms with E-state index in [0.717, 1.165) is 32.1 Å². The first kappa shape index (κ1) is 17.5. The molecule has 5 nitrogen and oxygen atoms in total. The number of esters is 2. The second-order valence-corrected chi connectivity index (χ2v) is 5.62. The number of carbonyl (C=O) groups excluding carboxylic acids is 2. The predicted octanol–water partition coefficient (Wildman–Crippen LogP) is 3.37. The van der Waals surface area contributed by atoms with Gasteiger partial charge in [-0.1, -0.05) is 31.9 Å². The quantitative estimate of drug-likeness (QED) is 0.543. The third-order valence-corrected chi connectivity index (χ3v) is 3.77. The van der Waals surface area contributed by atoms with Crippen molar-refractivity contribution >= 4 is 11.9 Å². The lowest BCUT2D eigenvalue weighted by molar-refractivity contribution is 0.0157. The Balaban J connectivity index is 1.92. The van der Waals surface area contributed by atoms with Gasteiger partial charge in [-0.05, 0) is 31.4 Å². The predicted molar refractivity (Wildman–Crippen MR) is 85.5 cm³/mol. The van der Waals surface area contributed by atoms with Gasteiger partial charge in [0.05, 0.1) is 23.8 Å². The summed E-state index contributed by atoms with van der Waals surface area (Å²) in [7, 11) is 0. The fourth-order valence-corrected chi connectivity index (χ4v) is 2.46. The molecule has 1 aliphatic rings. The van der Waals surface area contributed by atoms with Crippen LogP contribution in [0.5, 0.6) is 0 Å². The monoisotopic (exact) mass is 320 g/mol. The van der Waals surface area contributed by atoms with Gasteiger partial charge < -0.3 is 14.2 Å². The summed E-state index contributed by atoms with van der Waals surface area (Å²) < 4.78 is 15.9.